The van der Waals surface area contributed by atoms with E-state index in [1.807, 2.05) is 28.8 Å². The molecule has 2 aromatic rings. The lowest BCUT2D eigenvalue weighted by Gasteiger charge is -2.13. The molecule has 1 aliphatic carbocycles. The second kappa shape index (κ2) is 10.3. The van der Waals surface area contributed by atoms with Crippen LogP contribution in [0, 0.1) is 0 Å². The standard InChI is InChI=1S/C21H28N4O2S/c1-3-25-20(17-9-11-18(27-2)12-10-17)23-24-21(25)28-15-19(26)22-14-13-16-7-5-4-6-8-16/h7,9-12H,3-6,8,13-15H2,1-2H3,(H,22,26). The van der Waals surface area contributed by atoms with Crippen LogP contribution in [0.4, 0.5) is 0 Å². The zero-order chi connectivity index (χ0) is 19.8. The molecule has 3 rings (SSSR count). The molecule has 0 bridgehead atoms. The van der Waals surface area contributed by atoms with Crippen LogP contribution in [0.15, 0.2) is 41.1 Å². The van der Waals surface area contributed by atoms with Crippen LogP contribution in [-0.2, 0) is 11.3 Å². The minimum atomic E-state index is 0.0399. The number of methoxy groups -OCH3 is 1. The van der Waals surface area contributed by atoms with Gasteiger partial charge >= 0.3 is 0 Å². The van der Waals surface area contributed by atoms with Gasteiger partial charge in [0, 0.05) is 18.7 Å². The zero-order valence-corrected chi connectivity index (χ0v) is 17.4. The molecule has 0 saturated carbocycles. The predicted molar refractivity (Wildman–Crippen MR) is 113 cm³/mol. The van der Waals surface area contributed by atoms with E-state index in [1.54, 1.807) is 7.11 Å². The lowest BCUT2D eigenvalue weighted by molar-refractivity contribution is -0.118. The molecule has 1 heterocycles. The summed E-state index contributed by atoms with van der Waals surface area (Å²) in [6, 6.07) is 7.75. The fourth-order valence-corrected chi connectivity index (χ4v) is 4.14. The van der Waals surface area contributed by atoms with E-state index in [4.69, 9.17) is 4.74 Å². The maximum atomic E-state index is 12.2. The predicted octanol–water partition coefficient (Wildman–Crippen LogP) is 4.07. The van der Waals surface area contributed by atoms with Crippen molar-refractivity contribution in [2.45, 2.75) is 50.7 Å². The van der Waals surface area contributed by atoms with Crippen LogP contribution in [0.3, 0.4) is 0 Å². The van der Waals surface area contributed by atoms with E-state index in [1.165, 1.54) is 43.0 Å². The molecule has 1 N–H and O–H groups in total. The molecule has 7 heteroatoms. The Morgan fingerprint density at radius 1 is 1.25 bits per heavy atom. The fraction of sp³-hybridized carbons (Fsp3) is 0.476. The third-order valence-corrected chi connectivity index (χ3v) is 5.83. The summed E-state index contributed by atoms with van der Waals surface area (Å²) in [4.78, 5) is 12.2. The Bertz CT molecular complexity index is 814. The average Bonchev–Trinajstić information content (AvgIpc) is 3.16. The number of carbonyl (C=O) groups excluding carboxylic acids is 1. The highest BCUT2D eigenvalue weighted by Crippen LogP contribution is 2.25. The zero-order valence-electron chi connectivity index (χ0n) is 16.6. The minimum Gasteiger partial charge on any atom is -0.497 e. The number of hydrogen-bond donors (Lipinski definition) is 1. The Hall–Kier alpha value is -2.28. The molecule has 1 aromatic carbocycles. The molecule has 1 aromatic heterocycles. The van der Waals surface area contributed by atoms with Crippen LogP contribution >= 0.6 is 11.8 Å². The molecule has 0 spiro atoms. The number of thioether (sulfide) groups is 1. The normalized spacial score (nSPS) is 13.9. The second-order valence-electron chi connectivity index (χ2n) is 6.78. The van der Waals surface area contributed by atoms with E-state index in [9.17, 15) is 4.79 Å². The third-order valence-electron chi connectivity index (χ3n) is 4.87. The molecule has 150 valence electrons. The molecular formula is C21H28N4O2S. The van der Waals surface area contributed by atoms with E-state index < -0.39 is 0 Å². The molecule has 0 saturated heterocycles. The molecule has 0 fully saturated rings. The van der Waals surface area contributed by atoms with Gasteiger partial charge in [0.15, 0.2) is 11.0 Å². The number of rotatable bonds is 9. The Balaban J connectivity index is 1.53. The molecule has 1 amide bonds. The van der Waals surface area contributed by atoms with E-state index in [0.29, 0.717) is 12.3 Å². The van der Waals surface area contributed by atoms with Crippen LogP contribution in [-0.4, -0.2) is 40.1 Å². The summed E-state index contributed by atoms with van der Waals surface area (Å²) in [5.74, 6) is 2.00. The van der Waals surface area contributed by atoms with Gasteiger partial charge in [-0.05, 0) is 63.3 Å². The van der Waals surface area contributed by atoms with Gasteiger partial charge < -0.3 is 14.6 Å². The number of benzene rings is 1. The van der Waals surface area contributed by atoms with Gasteiger partial charge in [-0.2, -0.15) is 0 Å². The van der Waals surface area contributed by atoms with Gasteiger partial charge in [0.2, 0.25) is 5.91 Å². The summed E-state index contributed by atoms with van der Waals surface area (Å²) in [6.07, 6.45) is 8.22. The van der Waals surface area contributed by atoms with Crippen molar-refractivity contribution in [2.75, 3.05) is 19.4 Å². The first kappa shape index (κ1) is 20.5. The summed E-state index contributed by atoms with van der Waals surface area (Å²) >= 11 is 1.43. The average molecular weight is 401 g/mol. The number of nitrogens with zero attached hydrogens (tertiary/aromatic N) is 3. The van der Waals surface area contributed by atoms with Crippen LogP contribution in [0.1, 0.15) is 39.0 Å². The van der Waals surface area contributed by atoms with Gasteiger partial charge in [0.05, 0.1) is 12.9 Å². The number of nitrogens with one attached hydrogen (secondary N) is 1. The Labute approximate surface area is 170 Å². The topological polar surface area (TPSA) is 69.0 Å². The monoisotopic (exact) mass is 400 g/mol. The fourth-order valence-electron chi connectivity index (χ4n) is 3.31. The largest absolute Gasteiger partial charge is 0.497 e. The highest BCUT2D eigenvalue weighted by Gasteiger charge is 2.15. The molecular weight excluding hydrogens is 372 g/mol. The first-order chi connectivity index (χ1) is 13.7. The molecule has 6 nitrogen and oxygen atoms in total. The first-order valence-corrected chi connectivity index (χ1v) is 10.8. The van der Waals surface area contributed by atoms with Gasteiger partial charge in [-0.1, -0.05) is 23.4 Å². The Kier molecular flexibility index (Phi) is 7.54. The third kappa shape index (κ3) is 5.38. The number of carbonyl (C=O) groups is 1. The van der Waals surface area contributed by atoms with Gasteiger partial charge in [0.1, 0.15) is 5.75 Å². The van der Waals surface area contributed by atoms with Crippen LogP contribution in [0.5, 0.6) is 5.75 Å². The number of hydrogen-bond acceptors (Lipinski definition) is 5. The molecule has 0 atom stereocenters. The maximum Gasteiger partial charge on any atom is 0.230 e. The summed E-state index contributed by atoms with van der Waals surface area (Å²) in [6.45, 7) is 3.51. The van der Waals surface area contributed by atoms with Crippen molar-refractivity contribution in [1.82, 2.24) is 20.1 Å². The number of aromatic nitrogens is 3. The van der Waals surface area contributed by atoms with Gasteiger partial charge in [-0.15, -0.1) is 10.2 Å². The van der Waals surface area contributed by atoms with Crippen molar-refractivity contribution in [3.8, 4) is 17.1 Å². The summed E-state index contributed by atoms with van der Waals surface area (Å²) in [7, 11) is 1.65. The van der Waals surface area contributed by atoms with Gasteiger partial charge in [-0.25, -0.2) is 0 Å². The summed E-state index contributed by atoms with van der Waals surface area (Å²) < 4.78 is 7.24. The molecule has 0 radical (unpaired) electrons. The van der Waals surface area contributed by atoms with Crippen molar-refractivity contribution in [3.63, 3.8) is 0 Å². The quantitative estimate of drug-likeness (QED) is 0.507. The lowest BCUT2D eigenvalue weighted by Crippen LogP contribution is -2.26. The van der Waals surface area contributed by atoms with Gasteiger partial charge in [0.25, 0.3) is 0 Å². The minimum absolute atomic E-state index is 0.0399. The first-order valence-electron chi connectivity index (χ1n) is 9.86. The number of ether oxygens (including phenoxy) is 1. The van der Waals surface area contributed by atoms with Crippen LogP contribution in [0.2, 0.25) is 0 Å². The molecule has 0 unspecified atom stereocenters. The molecule has 1 aliphatic rings. The lowest BCUT2D eigenvalue weighted by atomic mass is 9.97. The van der Waals surface area contributed by atoms with Crippen molar-refractivity contribution >= 4 is 17.7 Å². The smallest absolute Gasteiger partial charge is 0.230 e. The Morgan fingerprint density at radius 2 is 2.07 bits per heavy atom. The Morgan fingerprint density at radius 3 is 2.75 bits per heavy atom. The van der Waals surface area contributed by atoms with E-state index in [0.717, 1.165) is 35.3 Å². The van der Waals surface area contributed by atoms with Crippen molar-refractivity contribution in [2.24, 2.45) is 0 Å². The number of allylic oxidation sites excluding steroid dienone is 1. The van der Waals surface area contributed by atoms with Crippen LogP contribution < -0.4 is 10.1 Å². The summed E-state index contributed by atoms with van der Waals surface area (Å²) in [5.41, 5.74) is 2.46. The van der Waals surface area contributed by atoms with E-state index in [-0.39, 0.29) is 5.91 Å². The molecule has 0 aliphatic heterocycles. The van der Waals surface area contributed by atoms with Crippen LogP contribution in [0.25, 0.3) is 11.4 Å². The number of amides is 1. The van der Waals surface area contributed by atoms with Gasteiger partial charge in [-0.3, -0.25) is 4.79 Å². The van der Waals surface area contributed by atoms with Crippen molar-refractivity contribution < 1.29 is 9.53 Å². The molecule has 28 heavy (non-hydrogen) atoms. The highest BCUT2D eigenvalue weighted by atomic mass is 32.2. The van der Waals surface area contributed by atoms with Crippen molar-refractivity contribution in [1.29, 1.82) is 0 Å². The van der Waals surface area contributed by atoms with E-state index >= 15 is 0 Å². The van der Waals surface area contributed by atoms with Crippen molar-refractivity contribution in [3.05, 3.63) is 35.9 Å². The highest BCUT2D eigenvalue weighted by molar-refractivity contribution is 7.99. The SMILES string of the molecule is CCn1c(SCC(=O)NCCC2=CCCCC2)nnc1-c1ccc(OC)cc1. The second-order valence-corrected chi connectivity index (χ2v) is 7.72. The maximum absolute atomic E-state index is 12.2. The summed E-state index contributed by atoms with van der Waals surface area (Å²) in [5, 5.41) is 12.4. The van der Waals surface area contributed by atoms with E-state index in [2.05, 4.69) is 28.5 Å².